The van der Waals surface area contributed by atoms with E-state index in [1.54, 1.807) is 0 Å². The molecule has 0 saturated carbocycles. The van der Waals surface area contributed by atoms with E-state index in [1.165, 1.54) is 0 Å². The Labute approximate surface area is 117 Å². The van der Waals surface area contributed by atoms with Crippen molar-refractivity contribution in [3.05, 3.63) is 23.8 Å². The van der Waals surface area contributed by atoms with Crippen LogP contribution in [-0.4, -0.2) is 32.4 Å². The van der Waals surface area contributed by atoms with E-state index in [4.69, 9.17) is 10.5 Å². The smallest absolute Gasteiger partial charge is 0.182 e. The lowest BCUT2D eigenvalue weighted by Crippen LogP contribution is -2.30. The predicted octanol–water partition coefficient (Wildman–Crippen LogP) is 1.80. The molecule has 1 unspecified atom stereocenters. The number of rotatable bonds is 3. The van der Waals surface area contributed by atoms with Crippen LogP contribution >= 0.6 is 0 Å². The number of nitrogens with zero attached hydrogens (tertiary/aromatic N) is 4. The second-order valence-electron chi connectivity index (χ2n) is 5.63. The minimum atomic E-state index is -0.174. The SMILES string of the molecule is Cc1cc(-c2nnnn2CC2(C)CCCO2)ccc1N. The molecule has 0 aliphatic carbocycles. The summed E-state index contributed by atoms with van der Waals surface area (Å²) in [6.07, 6.45) is 2.13. The van der Waals surface area contributed by atoms with Crippen molar-refractivity contribution in [2.24, 2.45) is 0 Å². The van der Waals surface area contributed by atoms with Crippen LogP contribution in [0.4, 0.5) is 5.69 Å². The quantitative estimate of drug-likeness (QED) is 0.863. The normalized spacial score (nSPS) is 22.3. The van der Waals surface area contributed by atoms with Crippen LogP contribution in [0.1, 0.15) is 25.3 Å². The van der Waals surface area contributed by atoms with Gasteiger partial charge in [0.15, 0.2) is 5.82 Å². The highest BCUT2D eigenvalue weighted by Gasteiger charge is 2.31. The lowest BCUT2D eigenvalue weighted by molar-refractivity contribution is 0.00355. The van der Waals surface area contributed by atoms with E-state index in [9.17, 15) is 0 Å². The van der Waals surface area contributed by atoms with Crippen molar-refractivity contribution in [2.75, 3.05) is 12.3 Å². The molecule has 2 heterocycles. The molecule has 1 atom stereocenters. The molecule has 3 rings (SSSR count). The Morgan fingerprint density at radius 2 is 2.30 bits per heavy atom. The van der Waals surface area contributed by atoms with Crippen molar-refractivity contribution < 1.29 is 4.74 Å². The molecule has 0 spiro atoms. The fourth-order valence-electron chi connectivity index (χ4n) is 2.61. The fourth-order valence-corrected chi connectivity index (χ4v) is 2.61. The molecule has 2 N–H and O–H groups in total. The van der Waals surface area contributed by atoms with E-state index in [2.05, 4.69) is 22.4 Å². The summed E-state index contributed by atoms with van der Waals surface area (Å²) in [5, 5.41) is 12.0. The lowest BCUT2D eigenvalue weighted by Gasteiger charge is -2.23. The monoisotopic (exact) mass is 273 g/mol. The van der Waals surface area contributed by atoms with Gasteiger partial charge in [0.25, 0.3) is 0 Å². The van der Waals surface area contributed by atoms with E-state index in [1.807, 2.05) is 29.8 Å². The van der Waals surface area contributed by atoms with Crippen LogP contribution in [0.25, 0.3) is 11.4 Å². The van der Waals surface area contributed by atoms with Gasteiger partial charge in [-0.3, -0.25) is 0 Å². The van der Waals surface area contributed by atoms with E-state index in [0.717, 1.165) is 42.1 Å². The van der Waals surface area contributed by atoms with E-state index >= 15 is 0 Å². The molecule has 6 heteroatoms. The summed E-state index contributed by atoms with van der Waals surface area (Å²) in [5.74, 6) is 0.754. The van der Waals surface area contributed by atoms with Gasteiger partial charge in [-0.2, -0.15) is 0 Å². The van der Waals surface area contributed by atoms with Crippen LogP contribution in [0.5, 0.6) is 0 Å². The first-order chi connectivity index (χ1) is 9.57. The number of nitrogen functional groups attached to an aromatic ring is 1. The third-order valence-corrected chi connectivity index (χ3v) is 3.84. The summed E-state index contributed by atoms with van der Waals surface area (Å²) in [4.78, 5) is 0. The maximum atomic E-state index is 5.85. The molecule has 1 aromatic carbocycles. The van der Waals surface area contributed by atoms with Crippen molar-refractivity contribution in [3.8, 4) is 11.4 Å². The number of hydrogen-bond donors (Lipinski definition) is 1. The molecule has 1 aliphatic heterocycles. The van der Waals surface area contributed by atoms with Crippen LogP contribution in [0.15, 0.2) is 18.2 Å². The number of hydrogen-bond acceptors (Lipinski definition) is 5. The van der Waals surface area contributed by atoms with Crippen molar-refractivity contribution in [2.45, 2.75) is 38.8 Å². The summed E-state index contributed by atoms with van der Waals surface area (Å²) < 4.78 is 7.63. The number of benzene rings is 1. The molecule has 6 nitrogen and oxygen atoms in total. The third-order valence-electron chi connectivity index (χ3n) is 3.84. The zero-order valence-electron chi connectivity index (χ0n) is 11.8. The van der Waals surface area contributed by atoms with Gasteiger partial charge in [-0.25, -0.2) is 4.68 Å². The molecule has 106 valence electrons. The molecule has 20 heavy (non-hydrogen) atoms. The third kappa shape index (κ3) is 2.38. The number of aryl methyl sites for hydroxylation is 1. The summed E-state index contributed by atoms with van der Waals surface area (Å²) in [6, 6.07) is 5.84. The Morgan fingerprint density at radius 1 is 1.45 bits per heavy atom. The summed E-state index contributed by atoms with van der Waals surface area (Å²) in [7, 11) is 0. The van der Waals surface area contributed by atoms with E-state index in [-0.39, 0.29) is 5.60 Å². The van der Waals surface area contributed by atoms with Crippen molar-refractivity contribution in [1.29, 1.82) is 0 Å². The number of nitrogens with two attached hydrogens (primary N) is 1. The first kappa shape index (κ1) is 13.1. The second-order valence-corrected chi connectivity index (χ2v) is 5.63. The second kappa shape index (κ2) is 4.86. The minimum Gasteiger partial charge on any atom is -0.399 e. The largest absolute Gasteiger partial charge is 0.399 e. The molecule has 0 radical (unpaired) electrons. The van der Waals surface area contributed by atoms with Gasteiger partial charge >= 0.3 is 0 Å². The van der Waals surface area contributed by atoms with Crippen molar-refractivity contribution in [1.82, 2.24) is 20.2 Å². The number of tetrazole rings is 1. The predicted molar refractivity (Wildman–Crippen MR) is 76.0 cm³/mol. The molecular weight excluding hydrogens is 254 g/mol. The van der Waals surface area contributed by atoms with Crippen molar-refractivity contribution >= 4 is 5.69 Å². The molecular formula is C14H19N5O. The number of anilines is 1. The first-order valence-corrected chi connectivity index (χ1v) is 6.84. The molecule has 2 aromatic rings. The average molecular weight is 273 g/mol. The van der Waals surface area contributed by atoms with Gasteiger partial charge < -0.3 is 10.5 Å². The topological polar surface area (TPSA) is 78.8 Å². The van der Waals surface area contributed by atoms with Gasteiger partial charge in [0, 0.05) is 17.9 Å². The first-order valence-electron chi connectivity index (χ1n) is 6.84. The lowest BCUT2D eigenvalue weighted by atomic mass is 10.0. The fraction of sp³-hybridized carbons (Fsp3) is 0.500. The van der Waals surface area contributed by atoms with Crippen molar-refractivity contribution in [3.63, 3.8) is 0 Å². The maximum Gasteiger partial charge on any atom is 0.182 e. The van der Waals surface area contributed by atoms with Gasteiger partial charge in [-0.05, 0) is 60.9 Å². The van der Waals surface area contributed by atoms with Gasteiger partial charge in [-0.15, -0.1) is 5.10 Å². The van der Waals surface area contributed by atoms with Crippen LogP contribution in [0, 0.1) is 6.92 Å². The Balaban J connectivity index is 1.91. The molecule has 1 aliphatic rings. The van der Waals surface area contributed by atoms with Crippen LogP contribution in [0.3, 0.4) is 0 Å². The molecule has 0 amide bonds. The van der Waals surface area contributed by atoms with Gasteiger partial charge in [-0.1, -0.05) is 0 Å². The zero-order valence-corrected chi connectivity index (χ0v) is 11.8. The van der Waals surface area contributed by atoms with Crippen LogP contribution < -0.4 is 5.73 Å². The molecule has 1 aromatic heterocycles. The molecule has 1 fully saturated rings. The van der Waals surface area contributed by atoms with E-state index < -0.39 is 0 Å². The average Bonchev–Trinajstić information content (AvgIpc) is 3.03. The summed E-state index contributed by atoms with van der Waals surface area (Å²) >= 11 is 0. The zero-order chi connectivity index (χ0) is 14.2. The van der Waals surface area contributed by atoms with E-state index in [0.29, 0.717) is 6.54 Å². The Morgan fingerprint density at radius 3 is 3.00 bits per heavy atom. The highest BCUT2D eigenvalue weighted by molar-refractivity contribution is 5.61. The van der Waals surface area contributed by atoms with Crippen LogP contribution in [-0.2, 0) is 11.3 Å². The molecule has 0 bridgehead atoms. The maximum absolute atomic E-state index is 5.85. The van der Waals surface area contributed by atoms with Gasteiger partial charge in [0.1, 0.15) is 0 Å². The standard InChI is InChI=1S/C14H19N5O/c1-10-8-11(4-5-12(10)15)13-16-17-18-19(13)9-14(2)6-3-7-20-14/h4-5,8H,3,6-7,9,15H2,1-2H3. The Bertz CT molecular complexity index is 616. The van der Waals surface area contributed by atoms with Gasteiger partial charge in [0.2, 0.25) is 0 Å². The van der Waals surface area contributed by atoms with Crippen LogP contribution in [0.2, 0.25) is 0 Å². The Kier molecular flexibility index (Phi) is 3.17. The van der Waals surface area contributed by atoms with Gasteiger partial charge in [0.05, 0.1) is 12.1 Å². The summed E-state index contributed by atoms with van der Waals surface area (Å²) in [6.45, 7) is 5.57. The number of aromatic nitrogens is 4. The highest BCUT2D eigenvalue weighted by Crippen LogP contribution is 2.28. The Hall–Kier alpha value is -1.95. The highest BCUT2D eigenvalue weighted by atomic mass is 16.5. The minimum absolute atomic E-state index is 0.174. The number of ether oxygens (including phenoxy) is 1. The summed E-state index contributed by atoms with van der Waals surface area (Å²) in [5.41, 5.74) is 8.46. The molecule has 1 saturated heterocycles.